The quantitative estimate of drug-likeness (QED) is 0.829. The maximum absolute atomic E-state index is 12.9. The van der Waals surface area contributed by atoms with Crippen molar-refractivity contribution in [3.63, 3.8) is 0 Å². The molecule has 1 unspecified atom stereocenters. The number of carbonyl (C=O) groups excluding carboxylic acids is 1. The first kappa shape index (κ1) is 17.1. The van der Waals surface area contributed by atoms with Gasteiger partial charge in [0, 0.05) is 50.0 Å². The molecule has 4 heterocycles. The first-order valence-electron chi connectivity index (χ1n) is 9.05. The lowest BCUT2D eigenvalue weighted by molar-refractivity contribution is 0.00885. The van der Waals surface area contributed by atoms with Crippen molar-refractivity contribution in [1.82, 2.24) is 25.1 Å². The Bertz CT molecular complexity index is 770. The minimum absolute atomic E-state index is 0.0204. The fourth-order valence-corrected chi connectivity index (χ4v) is 3.94. The summed E-state index contributed by atoms with van der Waals surface area (Å²) in [4.78, 5) is 22.9. The standard InChI is InChI=1S/C18H23N5O3/c1-12(2)15-21-22-16(26-15)13-10-23(11-18(13)3-7-25-8-4-18)17(24)14-9-19-5-6-20-14/h5-6,9,12-13H,3-4,7-8,10-11H2,1-2H3. The molecule has 0 aromatic carbocycles. The van der Waals surface area contributed by atoms with Crippen LogP contribution in [0.25, 0.3) is 0 Å². The summed E-state index contributed by atoms with van der Waals surface area (Å²) in [5, 5.41) is 8.50. The molecule has 8 nitrogen and oxygen atoms in total. The molecule has 26 heavy (non-hydrogen) atoms. The van der Waals surface area contributed by atoms with E-state index in [0.29, 0.717) is 43.8 Å². The number of aromatic nitrogens is 4. The van der Waals surface area contributed by atoms with Gasteiger partial charge in [-0.05, 0) is 12.8 Å². The molecule has 138 valence electrons. The maximum Gasteiger partial charge on any atom is 0.274 e. The van der Waals surface area contributed by atoms with Crippen LogP contribution in [0.5, 0.6) is 0 Å². The summed E-state index contributed by atoms with van der Waals surface area (Å²) in [5.74, 6) is 1.37. The highest BCUT2D eigenvalue weighted by atomic mass is 16.5. The van der Waals surface area contributed by atoms with Gasteiger partial charge in [0.25, 0.3) is 5.91 Å². The Morgan fingerprint density at radius 3 is 2.73 bits per heavy atom. The van der Waals surface area contributed by atoms with E-state index in [-0.39, 0.29) is 23.2 Å². The van der Waals surface area contributed by atoms with Gasteiger partial charge in [0.2, 0.25) is 11.8 Å². The number of ether oxygens (including phenoxy) is 1. The SMILES string of the molecule is CC(C)c1nnc(C2CN(C(=O)c3cnccn3)CC23CCOCC3)o1. The van der Waals surface area contributed by atoms with Gasteiger partial charge in [-0.1, -0.05) is 13.8 Å². The van der Waals surface area contributed by atoms with Crippen molar-refractivity contribution in [2.45, 2.75) is 38.5 Å². The molecule has 2 aromatic heterocycles. The van der Waals surface area contributed by atoms with Crippen molar-refractivity contribution in [3.8, 4) is 0 Å². The zero-order chi connectivity index (χ0) is 18.1. The van der Waals surface area contributed by atoms with Crippen molar-refractivity contribution in [3.05, 3.63) is 36.1 Å². The highest BCUT2D eigenvalue weighted by Gasteiger charge is 2.51. The first-order chi connectivity index (χ1) is 12.6. The van der Waals surface area contributed by atoms with Crippen molar-refractivity contribution >= 4 is 5.91 Å². The number of nitrogens with zero attached hydrogens (tertiary/aromatic N) is 5. The lowest BCUT2D eigenvalue weighted by Gasteiger charge is -2.36. The van der Waals surface area contributed by atoms with E-state index in [1.54, 1.807) is 6.20 Å². The average molecular weight is 357 g/mol. The van der Waals surface area contributed by atoms with E-state index >= 15 is 0 Å². The lowest BCUT2D eigenvalue weighted by atomic mass is 9.72. The van der Waals surface area contributed by atoms with Gasteiger partial charge in [-0.3, -0.25) is 9.78 Å². The van der Waals surface area contributed by atoms with Gasteiger partial charge in [-0.25, -0.2) is 4.98 Å². The Hall–Kier alpha value is -2.35. The van der Waals surface area contributed by atoms with E-state index in [1.807, 2.05) is 18.7 Å². The van der Waals surface area contributed by atoms with Gasteiger partial charge >= 0.3 is 0 Å². The van der Waals surface area contributed by atoms with Crippen molar-refractivity contribution in [2.24, 2.45) is 5.41 Å². The molecule has 0 saturated carbocycles. The largest absolute Gasteiger partial charge is 0.425 e. The normalized spacial score (nSPS) is 22.3. The molecule has 1 amide bonds. The molecule has 0 aliphatic carbocycles. The Labute approximate surface area is 152 Å². The second-order valence-corrected chi connectivity index (χ2v) is 7.44. The van der Waals surface area contributed by atoms with E-state index in [1.165, 1.54) is 12.4 Å². The molecule has 2 aliphatic heterocycles. The molecule has 0 bridgehead atoms. The molecule has 2 aromatic rings. The third-order valence-electron chi connectivity index (χ3n) is 5.45. The van der Waals surface area contributed by atoms with E-state index in [2.05, 4.69) is 20.2 Å². The zero-order valence-corrected chi connectivity index (χ0v) is 15.1. The highest BCUT2D eigenvalue weighted by molar-refractivity contribution is 5.92. The Morgan fingerprint density at radius 1 is 1.27 bits per heavy atom. The lowest BCUT2D eigenvalue weighted by Crippen LogP contribution is -2.37. The fourth-order valence-electron chi connectivity index (χ4n) is 3.94. The van der Waals surface area contributed by atoms with Crippen LogP contribution < -0.4 is 0 Å². The number of rotatable bonds is 3. The van der Waals surface area contributed by atoms with Gasteiger partial charge in [0.15, 0.2) is 0 Å². The van der Waals surface area contributed by atoms with Crippen LogP contribution in [0.2, 0.25) is 0 Å². The van der Waals surface area contributed by atoms with Crippen LogP contribution in [-0.4, -0.2) is 57.3 Å². The molecule has 2 saturated heterocycles. The first-order valence-corrected chi connectivity index (χ1v) is 9.05. The Kier molecular flexibility index (Phi) is 4.44. The van der Waals surface area contributed by atoms with Crippen LogP contribution in [0.3, 0.4) is 0 Å². The Balaban J connectivity index is 1.63. The monoisotopic (exact) mass is 357 g/mol. The highest BCUT2D eigenvalue weighted by Crippen LogP contribution is 2.49. The van der Waals surface area contributed by atoms with Crippen molar-refractivity contribution in [2.75, 3.05) is 26.3 Å². The van der Waals surface area contributed by atoms with Gasteiger partial charge in [0.1, 0.15) is 5.69 Å². The zero-order valence-electron chi connectivity index (χ0n) is 15.1. The van der Waals surface area contributed by atoms with Crippen molar-refractivity contribution in [1.29, 1.82) is 0 Å². The second kappa shape index (κ2) is 6.75. The van der Waals surface area contributed by atoms with Crippen LogP contribution in [0, 0.1) is 5.41 Å². The summed E-state index contributed by atoms with van der Waals surface area (Å²) >= 11 is 0. The summed E-state index contributed by atoms with van der Waals surface area (Å²) < 4.78 is 11.5. The number of amides is 1. The summed E-state index contributed by atoms with van der Waals surface area (Å²) in [7, 11) is 0. The molecule has 2 fully saturated rings. The summed E-state index contributed by atoms with van der Waals surface area (Å²) in [6.45, 7) is 6.63. The van der Waals surface area contributed by atoms with E-state index < -0.39 is 0 Å². The average Bonchev–Trinajstić information content (AvgIpc) is 3.28. The summed E-state index contributed by atoms with van der Waals surface area (Å²) in [6.07, 6.45) is 6.37. The molecule has 2 aliphatic rings. The third-order valence-corrected chi connectivity index (χ3v) is 5.45. The number of carbonyl (C=O) groups is 1. The van der Waals surface area contributed by atoms with Gasteiger partial charge in [-0.15, -0.1) is 10.2 Å². The molecule has 4 rings (SSSR count). The number of likely N-dealkylation sites (tertiary alicyclic amines) is 1. The Morgan fingerprint density at radius 2 is 2.08 bits per heavy atom. The van der Waals surface area contributed by atoms with Crippen molar-refractivity contribution < 1.29 is 13.9 Å². The number of hydrogen-bond donors (Lipinski definition) is 0. The minimum Gasteiger partial charge on any atom is -0.425 e. The van der Waals surface area contributed by atoms with Gasteiger partial charge in [-0.2, -0.15) is 0 Å². The van der Waals surface area contributed by atoms with Gasteiger partial charge in [0.05, 0.1) is 12.1 Å². The molecular formula is C18H23N5O3. The van der Waals surface area contributed by atoms with E-state index in [9.17, 15) is 4.79 Å². The molecule has 1 spiro atoms. The fraction of sp³-hybridized carbons (Fsp3) is 0.611. The van der Waals surface area contributed by atoms with Crippen LogP contribution >= 0.6 is 0 Å². The molecule has 8 heteroatoms. The smallest absolute Gasteiger partial charge is 0.274 e. The van der Waals surface area contributed by atoms with Crippen LogP contribution in [-0.2, 0) is 4.74 Å². The van der Waals surface area contributed by atoms with E-state index in [4.69, 9.17) is 9.15 Å². The summed E-state index contributed by atoms with van der Waals surface area (Å²) in [5.41, 5.74) is 0.278. The molecule has 1 atom stereocenters. The maximum atomic E-state index is 12.9. The molecule has 0 N–H and O–H groups in total. The van der Waals surface area contributed by atoms with Crippen LogP contribution in [0.1, 0.15) is 60.8 Å². The predicted octanol–water partition coefficient (Wildman–Crippen LogP) is 2.02. The third kappa shape index (κ3) is 2.98. The van der Waals surface area contributed by atoms with E-state index in [0.717, 1.165) is 12.8 Å². The van der Waals surface area contributed by atoms with Crippen LogP contribution in [0.15, 0.2) is 23.0 Å². The molecular weight excluding hydrogens is 334 g/mol. The number of hydrogen-bond acceptors (Lipinski definition) is 7. The van der Waals surface area contributed by atoms with Crippen LogP contribution in [0.4, 0.5) is 0 Å². The minimum atomic E-state index is -0.102. The van der Waals surface area contributed by atoms with Gasteiger partial charge < -0.3 is 14.1 Å². The second-order valence-electron chi connectivity index (χ2n) is 7.44. The summed E-state index contributed by atoms with van der Waals surface area (Å²) in [6, 6.07) is 0. The molecule has 0 radical (unpaired) electrons. The topological polar surface area (TPSA) is 94.2 Å². The predicted molar refractivity (Wildman–Crippen MR) is 91.5 cm³/mol.